The first kappa shape index (κ1) is 9.34. The largest absolute Gasteiger partial charge is 0.502 e. The second-order valence-electron chi connectivity index (χ2n) is 1.69. The van der Waals surface area contributed by atoms with Crippen LogP contribution in [0.15, 0.2) is 12.8 Å². The van der Waals surface area contributed by atoms with Crippen LogP contribution in [0, 0.1) is 0 Å². The van der Waals surface area contributed by atoms with Crippen LogP contribution in [0.25, 0.3) is 0 Å². The highest BCUT2D eigenvalue weighted by molar-refractivity contribution is 7.34. The van der Waals surface area contributed by atoms with Crippen LogP contribution in [-0.2, 0) is 4.74 Å². The molecule has 0 amide bonds. The van der Waals surface area contributed by atoms with E-state index in [0.717, 1.165) is 0 Å². The summed E-state index contributed by atoms with van der Waals surface area (Å²) in [6.07, 6.45) is 1.40. The highest BCUT2D eigenvalue weighted by Crippen LogP contribution is 2.15. The molecule has 0 spiro atoms. The molecule has 0 fully saturated rings. The van der Waals surface area contributed by atoms with Gasteiger partial charge < -0.3 is 4.74 Å². The van der Waals surface area contributed by atoms with Gasteiger partial charge in [-0.1, -0.05) is 13.5 Å². The molecule has 0 saturated carbocycles. The van der Waals surface area contributed by atoms with E-state index in [1.165, 1.54) is 6.26 Å². The Balaban J connectivity index is 3.26. The molecule has 0 saturated heterocycles. The Hall–Kier alpha value is 0.337. The highest BCUT2D eigenvalue weighted by atomic mass is 35.7. The van der Waals surface area contributed by atoms with Gasteiger partial charge in [-0.15, -0.1) is 22.2 Å². The van der Waals surface area contributed by atoms with Crippen molar-refractivity contribution in [1.82, 2.24) is 0 Å². The zero-order valence-corrected chi connectivity index (χ0v) is 7.74. The van der Waals surface area contributed by atoms with Crippen molar-refractivity contribution in [2.24, 2.45) is 0 Å². The van der Waals surface area contributed by atoms with Gasteiger partial charge in [-0.2, -0.15) is 0 Å². The van der Waals surface area contributed by atoms with E-state index in [0.29, 0.717) is 6.61 Å². The van der Waals surface area contributed by atoms with Crippen LogP contribution in [0.3, 0.4) is 0 Å². The predicted octanol–water partition coefficient (Wildman–Crippen LogP) is 2.50. The molecule has 1 radical (unpaired) electrons. The van der Waals surface area contributed by atoms with Crippen molar-refractivity contribution in [1.29, 1.82) is 0 Å². The molecule has 0 aliphatic heterocycles. The molecule has 0 aliphatic carbocycles. The van der Waals surface area contributed by atoms with E-state index >= 15 is 0 Å². The summed E-state index contributed by atoms with van der Waals surface area (Å²) in [5.74, 6) is 0. The van der Waals surface area contributed by atoms with Gasteiger partial charge in [-0.25, -0.2) is 0 Å². The van der Waals surface area contributed by atoms with Gasteiger partial charge in [0.15, 0.2) is 0 Å². The van der Waals surface area contributed by atoms with Gasteiger partial charge in [-0.05, 0) is 0 Å². The van der Waals surface area contributed by atoms with Gasteiger partial charge in [0.1, 0.15) is 0 Å². The second-order valence-corrected chi connectivity index (χ2v) is 6.28. The average molecular weight is 184 g/mol. The minimum Gasteiger partial charge on any atom is -0.502 e. The summed E-state index contributed by atoms with van der Waals surface area (Å²) in [5.41, 5.74) is 0.260. The Labute approximate surface area is 66.6 Å². The van der Waals surface area contributed by atoms with Gasteiger partial charge in [-0.3, -0.25) is 0 Å². The number of hydrogen-bond donors (Lipinski definition) is 0. The van der Waals surface area contributed by atoms with Crippen molar-refractivity contribution >= 4 is 29.6 Å². The molecule has 0 heterocycles. The molecular weight excluding hydrogens is 175 g/mol. The molecule has 0 aromatic heterocycles. The maximum atomic E-state index is 5.62. The van der Waals surface area contributed by atoms with Crippen molar-refractivity contribution < 1.29 is 4.74 Å². The van der Waals surface area contributed by atoms with Crippen LogP contribution in [0.4, 0.5) is 0 Å². The van der Waals surface area contributed by atoms with Gasteiger partial charge in [0.05, 0.1) is 12.9 Å². The molecule has 9 heavy (non-hydrogen) atoms. The second kappa shape index (κ2) is 5.15. The lowest BCUT2D eigenvalue weighted by Gasteiger charge is -2.07. The van der Waals surface area contributed by atoms with Crippen molar-refractivity contribution in [3.8, 4) is 0 Å². The summed E-state index contributed by atoms with van der Waals surface area (Å²) >= 11 is 11.2. The Bertz CT molecular complexity index is 87.0. The summed E-state index contributed by atoms with van der Waals surface area (Å²) in [7, 11) is -1.21. The van der Waals surface area contributed by atoms with Crippen molar-refractivity contribution in [2.45, 2.75) is 12.5 Å². The quantitative estimate of drug-likeness (QED) is 0.370. The normalized spacial score (nSPS) is 13.3. The third kappa shape index (κ3) is 4.82. The topological polar surface area (TPSA) is 9.23 Å². The van der Waals surface area contributed by atoms with Crippen molar-refractivity contribution in [3.05, 3.63) is 12.8 Å². The standard InChI is InChI=1S/C5H9Cl2OSi/c1-3-8-4-5(2)9(6)7/h3,5H,1,4H2,2H3. The average Bonchev–Trinajstić information content (AvgIpc) is 1.82. The summed E-state index contributed by atoms with van der Waals surface area (Å²) in [5, 5.41) is 0. The zero-order valence-electron chi connectivity index (χ0n) is 5.23. The zero-order chi connectivity index (χ0) is 7.28. The maximum Gasteiger partial charge on any atom is 0.280 e. The molecule has 0 aliphatic rings. The molecule has 1 unspecified atom stereocenters. The first-order valence-corrected chi connectivity index (χ1v) is 6.19. The van der Waals surface area contributed by atoms with Crippen LogP contribution in [0.1, 0.15) is 6.92 Å². The van der Waals surface area contributed by atoms with Crippen LogP contribution in [0.5, 0.6) is 0 Å². The van der Waals surface area contributed by atoms with Gasteiger partial charge in [0, 0.05) is 5.54 Å². The fourth-order valence-electron chi connectivity index (χ4n) is 0.275. The summed E-state index contributed by atoms with van der Waals surface area (Å²) in [6.45, 7) is 5.93. The fraction of sp³-hybridized carbons (Fsp3) is 0.600. The van der Waals surface area contributed by atoms with Crippen LogP contribution >= 0.6 is 22.2 Å². The Morgan fingerprint density at radius 3 is 2.67 bits per heavy atom. The molecule has 1 atom stereocenters. The Kier molecular flexibility index (Phi) is 5.34. The lowest BCUT2D eigenvalue weighted by Crippen LogP contribution is -2.08. The molecule has 0 aromatic rings. The smallest absolute Gasteiger partial charge is 0.280 e. The third-order valence-corrected chi connectivity index (χ3v) is 3.98. The van der Waals surface area contributed by atoms with E-state index in [1.54, 1.807) is 0 Å². The maximum absolute atomic E-state index is 5.62. The van der Waals surface area contributed by atoms with Gasteiger partial charge in [0.25, 0.3) is 7.42 Å². The van der Waals surface area contributed by atoms with E-state index in [1.807, 2.05) is 6.92 Å². The SMILES string of the molecule is C=COCC(C)[Si](Cl)Cl. The van der Waals surface area contributed by atoms with E-state index in [2.05, 4.69) is 6.58 Å². The van der Waals surface area contributed by atoms with E-state index in [9.17, 15) is 0 Å². The lowest BCUT2D eigenvalue weighted by atomic mass is 10.5. The monoisotopic (exact) mass is 183 g/mol. The fourth-order valence-corrected chi connectivity index (χ4v) is 0.876. The summed E-state index contributed by atoms with van der Waals surface area (Å²) in [6, 6.07) is 0. The van der Waals surface area contributed by atoms with Crippen molar-refractivity contribution in [2.75, 3.05) is 6.61 Å². The minimum atomic E-state index is -1.21. The van der Waals surface area contributed by atoms with Crippen LogP contribution in [-0.4, -0.2) is 14.0 Å². The summed E-state index contributed by atoms with van der Waals surface area (Å²) < 4.78 is 4.88. The van der Waals surface area contributed by atoms with Crippen molar-refractivity contribution in [3.63, 3.8) is 0 Å². The Morgan fingerprint density at radius 1 is 1.78 bits per heavy atom. The first-order valence-electron chi connectivity index (χ1n) is 2.58. The molecule has 53 valence electrons. The van der Waals surface area contributed by atoms with Crippen LogP contribution < -0.4 is 0 Å². The van der Waals surface area contributed by atoms with E-state index in [-0.39, 0.29) is 5.54 Å². The predicted molar refractivity (Wildman–Crippen MR) is 43.0 cm³/mol. The molecule has 1 nitrogen and oxygen atoms in total. The molecule has 0 rings (SSSR count). The third-order valence-electron chi connectivity index (χ3n) is 0.837. The first-order chi connectivity index (χ1) is 4.18. The molecule has 0 N–H and O–H groups in total. The number of ether oxygens (including phenoxy) is 1. The summed E-state index contributed by atoms with van der Waals surface area (Å²) in [4.78, 5) is 0. The van der Waals surface area contributed by atoms with Gasteiger partial charge >= 0.3 is 0 Å². The molecule has 0 aromatic carbocycles. The van der Waals surface area contributed by atoms with Gasteiger partial charge in [0.2, 0.25) is 0 Å². The molecule has 0 bridgehead atoms. The lowest BCUT2D eigenvalue weighted by molar-refractivity contribution is 0.251. The van der Waals surface area contributed by atoms with Crippen LogP contribution in [0.2, 0.25) is 5.54 Å². The van der Waals surface area contributed by atoms with E-state index < -0.39 is 7.42 Å². The Morgan fingerprint density at radius 2 is 2.33 bits per heavy atom. The number of hydrogen-bond acceptors (Lipinski definition) is 1. The van der Waals surface area contributed by atoms with E-state index in [4.69, 9.17) is 26.9 Å². The molecule has 4 heteroatoms. The highest BCUT2D eigenvalue weighted by Gasteiger charge is 2.14. The number of rotatable bonds is 4. The molecular formula is C5H9Cl2OSi. The minimum absolute atomic E-state index is 0.260. The number of halogens is 2.